The third-order valence-electron chi connectivity index (χ3n) is 5.92. The van der Waals surface area contributed by atoms with Crippen LogP contribution >= 0.6 is 0 Å². The second-order valence-corrected chi connectivity index (χ2v) is 7.36. The van der Waals surface area contributed by atoms with E-state index in [0.29, 0.717) is 5.92 Å². The molecule has 3 rings (SSSR count). The van der Waals surface area contributed by atoms with Gasteiger partial charge in [-0.25, -0.2) is 0 Å². The molecular weight excluding hydrogens is 228 g/mol. The first-order valence-electron chi connectivity index (χ1n) is 6.93. The molecule has 2 aliphatic carbocycles. The summed E-state index contributed by atoms with van der Waals surface area (Å²) in [4.78, 5) is 0. The second-order valence-electron chi connectivity index (χ2n) is 7.36. The Morgan fingerprint density at radius 2 is 1.89 bits per heavy atom. The number of ether oxygens (including phenoxy) is 1. The minimum Gasteiger partial charge on any atom is -0.392 e. The van der Waals surface area contributed by atoms with Crippen LogP contribution in [0.4, 0.5) is 0 Å². The van der Waals surface area contributed by atoms with Gasteiger partial charge in [0.1, 0.15) is 11.2 Å². The molecule has 18 heavy (non-hydrogen) atoms. The lowest BCUT2D eigenvalue weighted by Crippen LogP contribution is -2.67. The van der Waals surface area contributed by atoms with Crippen LogP contribution in [0.5, 0.6) is 0 Å². The van der Waals surface area contributed by atoms with Crippen molar-refractivity contribution in [2.75, 3.05) is 0 Å². The molecule has 1 aliphatic heterocycles. The van der Waals surface area contributed by atoms with Gasteiger partial charge in [0.15, 0.2) is 0 Å². The molecule has 2 N–H and O–H groups in total. The van der Waals surface area contributed by atoms with Crippen molar-refractivity contribution in [1.82, 2.24) is 0 Å². The molecule has 1 saturated heterocycles. The van der Waals surface area contributed by atoms with Crippen LogP contribution in [0, 0.1) is 11.3 Å². The molecule has 3 aliphatic rings. The molecule has 1 heterocycles. The maximum atomic E-state index is 10.8. The van der Waals surface area contributed by atoms with Gasteiger partial charge in [0.05, 0.1) is 11.7 Å². The van der Waals surface area contributed by atoms with E-state index in [1.807, 2.05) is 19.1 Å². The first kappa shape index (κ1) is 12.6. The monoisotopic (exact) mass is 252 g/mol. The summed E-state index contributed by atoms with van der Waals surface area (Å²) in [5.74, 6) is 0.318. The third-order valence-corrected chi connectivity index (χ3v) is 5.92. The van der Waals surface area contributed by atoms with E-state index < -0.39 is 22.7 Å². The molecule has 102 valence electrons. The highest BCUT2D eigenvalue weighted by Gasteiger charge is 2.72. The van der Waals surface area contributed by atoms with Crippen LogP contribution < -0.4 is 0 Å². The molecule has 2 fully saturated rings. The molecule has 0 radical (unpaired) electrons. The maximum Gasteiger partial charge on any atom is 0.109 e. The van der Waals surface area contributed by atoms with E-state index in [1.165, 1.54) is 0 Å². The Morgan fingerprint density at radius 1 is 1.22 bits per heavy atom. The summed E-state index contributed by atoms with van der Waals surface area (Å²) < 4.78 is 6.39. The van der Waals surface area contributed by atoms with Crippen molar-refractivity contribution < 1.29 is 14.9 Å². The summed E-state index contributed by atoms with van der Waals surface area (Å²) >= 11 is 0. The van der Waals surface area contributed by atoms with Crippen LogP contribution in [0.2, 0.25) is 0 Å². The van der Waals surface area contributed by atoms with Crippen LogP contribution in [0.25, 0.3) is 0 Å². The van der Waals surface area contributed by atoms with E-state index in [2.05, 4.69) is 20.8 Å². The Bertz CT molecular complexity index is 412. The van der Waals surface area contributed by atoms with Crippen LogP contribution in [-0.4, -0.2) is 33.1 Å². The van der Waals surface area contributed by atoms with Crippen molar-refractivity contribution in [1.29, 1.82) is 0 Å². The van der Waals surface area contributed by atoms with E-state index in [0.717, 1.165) is 19.3 Å². The Labute approximate surface area is 109 Å². The molecule has 3 nitrogen and oxygen atoms in total. The zero-order valence-corrected chi connectivity index (χ0v) is 11.7. The zero-order valence-electron chi connectivity index (χ0n) is 11.7. The predicted molar refractivity (Wildman–Crippen MR) is 69.1 cm³/mol. The number of aliphatic hydroxyl groups excluding tert-OH is 1. The lowest BCUT2D eigenvalue weighted by atomic mass is 9.52. The van der Waals surface area contributed by atoms with Gasteiger partial charge in [-0.2, -0.15) is 0 Å². The Kier molecular flexibility index (Phi) is 2.24. The van der Waals surface area contributed by atoms with E-state index in [-0.39, 0.29) is 5.60 Å². The quantitative estimate of drug-likeness (QED) is 0.649. The molecule has 0 aromatic rings. The molecule has 0 aromatic carbocycles. The van der Waals surface area contributed by atoms with Gasteiger partial charge in [-0.05, 0) is 46.0 Å². The van der Waals surface area contributed by atoms with Crippen molar-refractivity contribution in [2.24, 2.45) is 11.3 Å². The summed E-state index contributed by atoms with van der Waals surface area (Å²) in [6.07, 6.45) is 5.82. The van der Waals surface area contributed by atoms with Gasteiger partial charge in [-0.15, -0.1) is 0 Å². The summed E-state index contributed by atoms with van der Waals surface area (Å²) in [6.45, 7) is 8.04. The highest BCUT2D eigenvalue weighted by molar-refractivity contribution is 5.29. The van der Waals surface area contributed by atoms with Crippen LogP contribution in [0.1, 0.15) is 47.0 Å². The second kappa shape index (κ2) is 3.20. The molecule has 2 bridgehead atoms. The Morgan fingerprint density at radius 3 is 2.56 bits per heavy atom. The van der Waals surface area contributed by atoms with Crippen molar-refractivity contribution >= 4 is 0 Å². The van der Waals surface area contributed by atoms with Crippen molar-refractivity contribution in [3.63, 3.8) is 0 Å². The van der Waals surface area contributed by atoms with Crippen LogP contribution in [0.3, 0.4) is 0 Å². The largest absolute Gasteiger partial charge is 0.392 e. The lowest BCUT2D eigenvalue weighted by Gasteiger charge is -2.58. The normalized spacial score (nSPS) is 57.4. The standard InChI is InChI=1S/C15H24O3/c1-12(2)10-8-11(16)13(3)6-5-7-14(4,17)15(13,9-10)18-12/h5,7,10-11,16-17H,6,8-9H2,1-4H3/t10-,11+,13+,14+,15-/m1/s1. The highest BCUT2D eigenvalue weighted by Crippen LogP contribution is 2.65. The molecule has 1 spiro atoms. The SMILES string of the molecule is CC1(C)O[C@]23C[C@H]1C[C@H](O)[C@]2(C)CC=C[C@]3(C)O. The number of hydrogen-bond donors (Lipinski definition) is 2. The minimum absolute atomic E-state index is 0.270. The highest BCUT2D eigenvalue weighted by atomic mass is 16.5. The topological polar surface area (TPSA) is 49.7 Å². The molecular formula is C15H24O3. The molecule has 3 heteroatoms. The zero-order chi connectivity index (χ0) is 13.4. The van der Waals surface area contributed by atoms with Gasteiger partial charge in [0.2, 0.25) is 0 Å². The van der Waals surface area contributed by atoms with E-state index in [4.69, 9.17) is 4.74 Å². The van der Waals surface area contributed by atoms with Gasteiger partial charge in [-0.3, -0.25) is 0 Å². The van der Waals surface area contributed by atoms with Crippen LogP contribution in [0.15, 0.2) is 12.2 Å². The molecule has 0 aromatic heterocycles. The lowest BCUT2D eigenvalue weighted by molar-refractivity contribution is -0.247. The summed E-state index contributed by atoms with van der Waals surface area (Å²) in [5.41, 5.74) is -2.32. The number of rotatable bonds is 0. The summed E-state index contributed by atoms with van der Waals surface area (Å²) in [5, 5.41) is 21.4. The van der Waals surface area contributed by atoms with Gasteiger partial charge < -0.3 is 14.9 Å². The molecule has 5 atom stereocenters. The van der Waals surface area contributed by atoms with Gasteiger partial charge in [-0.1, -0.05) is 19.1 Å². The van der Waals surface area contributed by atoms with Gasteiger partial charge in [0.25, 0.3) is 0 Å². The van der Waals surface area contributed by atoms with Crippen molar-refractivity contribution in [3.8, 4) is 0 Å². The summed E-state index contributed by atoms with van der Waals surface area (Å²) in [6, 6.07) is 0. The number of hydrogen-bond acceptors (Lipinski definition) is 3. The van der Waals surface area contributed by atoms with Crippen molar-refractivity contribution in [2.45, 2.75) is 69.9 Å². The van der Waals surface area contributed by atoms with Gasteiger partial charge in [0, 0.05) is 5.41 Å². The van der Waals surface area contributed by atoms with Crippen molar-refractivity contribution in [3.05, 3.63) is 12.2 Å². The number of fused-ring (bicyclic) bond motifs is 1. The third kappa shape index (κ3) is 1.21. The average molecular weight is 252 g/mol. The van der Waals surface area contributed by atoms with E-state index in [9.17, 15) is 10.2 Å². The first-order valence-corrected chi connectivity index (χ1v) is 6.93. The number of aliphatic hydroxyl groups is 2. The predicted octanol–water partition coefficient (Wildman–Crippen LogP) is 2.02. The van der Waals surface area contributed by atoms with E-state index >= 15 is 0 Å². The Balaban J connectivity index is 2.19. The summed E-state index contributed by atoms with van der Waals surface area (Å²) in [7, 11) is 0. The fourth-order valence-electron chi connectivity index (χ4n) is 4.54. The Hall–Kier alpha value is -0.380. The number of allylic oxidation sites excluding steroid dienone is 1. The fraction of sp³-hybridized carbons (Fsp3) is 0.867. The smallest absolute Gasteiger partial charge is 0.109 e. The average Bonchev–Trinajstić information content (AvgIpc) is 2.46. The molecule has 0 amide bonds. The molecule has 1 saturated carbocycles. The van der Waals surface area contributed by atoms with Gasteiger partial charge >= 0.3 is 0 Å². The maximum absolute atomic E-state index is 10.8. The molecule has 0 unspecified atom stereocenters. The van der Waals surface area contributed by atoms with Crippen LogP contribution in [-0.2, 0) is 4.74 Å². The fourth-order valence-corrected chi connectivity index (χ4v) is 4.54. The van der Waals surface area contributed by atoms with E-state index in [1.54, 1.807) is 0 Å². The minimum atomic E-state index is -1.01. The first-order chi connectivity index (χ1) is 8.15.